The lowest BCUT2D eigenvalue weighted by Crippen LogP contribution is -2.35. The summed E-state index contributed by atoms with van der Waals surface area (Å²) >= 11 is 0. The molecule has 1 N–H and O–H groups in total. The predicted octanol–water partition coefficient (Wildman–Crippen LogP) is 0.704. The maximum Gasteiger partial charge on any atom is 0.379 e. The second kappa shape index (κ2) is 4.97. The molecule has 1 rings (SSSR count). The Morgan fingerprint density at radius 3 is 2.61 bits per heavy atom. The van der Waals surface area contributed by atoms with Gasteiger partial charge < -0.3 is 9.84 Å². The van der Waals surface area contributed by atoms with E-state index in [4.69, 9.17) is 0 Å². The van der Waals surface area contributed by atoms with Crippen LogP contribution < -0.4 is 0 Å². The minimum Gasteiger partial charge on any atom is -0.462 e. The van der Waals surface area contributed by atoms with Gasteiger partial charge in [-0.25, -0.2) is 9.48 Å². The molecule has 18 heavy (non-hydrogen) atoms. The van der Waals surface area contributed by atoms with E-state index >= 15 is 0 Å². The third kappa shape index (κ3) is 3.46. The van der Waals surface area contributed by atoms with Gasteiger partial charge in [0.05, 0.1) is 12.8 Å². The number of nitrogens with zero attached hydrogens (tertiary/aromatic N) is 3. The molecule has 1 aromatic rings. The second-order valence-electron chi connectivity index (χ2n) is 4.29. The molecule has 8 heteroatoms. The number of aliphatic hydroxyl groups is 1. The monoisotopic (exact) mass is 263 g/mol. The van der Waals surface area contributed by atoms with Crippen LogP contribution in [0.2, 0.25) is 0 Å². The van der Waals surface area contributed by atoms with Gasteiger partial charge in [-0.05, 0) is 20.8 Å². The van der Waals surface area contributed by atoms with E-state index in [9.17, 15) is 18.7 Å². The predicted molar refractivity (Wildman–Crippen MR) is 56.8 cm³/mol. The molecule has 0 bridgehead atoms. The van der Waals surface area contributed by atoms with Gasteiger partial charge in [0.1, 0.15) is 17.8 Å². The summed E-state index contributed by atoms with van der Waals surface area (Å²) in [4.78, 5) is 11.0. The van der Waals surface area contributed by atoms with E-state index in [1.807, 2.05) is 0 Å². The standard InChI is InChI=1S/C10H15F2N3O3/c1-4-18-8(16)10(11,12)6-15-5-7(13-14-15)9(2,3)17/h5,17H,4,6H2,1-3H3. The van der Waals surface area contributed by atoms with Crippen molar-refractivity contribution in [1.82, 2.24) is 15.0 Å². The lowest BCUT2D eigenvalue weighted by atomic mass is 10.1. The first-order valence-corrected chi connectivity index (χ1v) is 5.35. The molecule has 0 radical (unpaired) electrons. The van der Waals surface area contributed by atoms with Crippen molar-refractivity contribution in [3.05, 3.63) is 11.9 Å². The van der Waals surface area contributed by atoms with Crippen LogP contribution >= 0.6 is 0 Å². The fourth-order valence-electron chi connectivity index (χ4n) is 1.16. The first-order chi connectivity index (χ1) is 8.16. The van der Waals surface area contributed by atoms with E-state index in [1.54, 1.807) is 0 Å². The molecule has 0 spiro atoms. The van der Waals surface area contributed by atoms with Crippen LogP contribution in [0, 0.1) is 0 Å². The molecule has 0 aliphatic rings. The number of esters is 1. The largest absolute Gasteiger partial charge is 0.462 e. The van der Waals surface area contributed by atoms with Crippen LogP contribution in [-0.2, 0) is 21.7 Å². The number of hydrogen-bond acceptors (Lipinski definition) is 5. The summed E-state index contributed by atoms with van der Waals surface area (Å²) in [6.45, 7) is 3.24. The Balaban J connectivity index is 2.79. The SMILES string of the molecule is CCOC(=O)C(F)(F)Cn1cc(C(C)(C)O)nn1. The summed E-state index contributed by atoms with van der Waals surface area (Å²) in [5, 5.41) is 16.6. The molecule has 1 heterocycles. The van der Waals surface area contributed by atoms with Crippen molar-refractivity contribution in [3.63, 3.8) is 0 Å². The van der Waals surface area contributed by atoms with Crippen molar-refractivity contribution in [2.24, 2.45) is 0 Å². The van der Waals surface area contributed by atoms with Crippen LogP contribution in [0.1, 0.15) is 26.5 Å². The minimum absolute atomic E-state index is 0.124. The molecule has 1 aromatic heterocycles. The fourth-order valence-corrected chi connectivity index (χ4v) is 1.16. The number of aromatic nitrogens is 3. The van der Waals surface area contributed by atoms with Crippen molar-refractivity contribution in [3.8, 4) is 0 Å². The molecule has 0 amide bonds. The van der Waals surface area contributed by atoms with Crippen LogP contribution in [0.3, 0.4) is 0 Å². The molecule has 0 unspecified atom stereocenters. The topological polar surface area (TPSA) is 77.2 Å². The molecule has 0 aromatic carbocycles. The average molecular weight is 263 g/mol. The van der Waals surface area contributed by atoms with E-state index in [0.29, 0.717) is 0 Å². The van der Waals surface area contributed by atoms with Crippen LogP contribution in [0.5, 0.6) is 0 Å². The van der Waals surface area contributed by atoms with Crippen molar-refractivity contribution >= 4 is 5.97 Å². The van der Waals surface area contributed by atoms with E-state index in [2.05, 4.69) is 15.0 Å². The van der Waals surface area contributed by atoms with Gasteiger partial charge in [0, 0.05) is 0 Å². The van der Waals surface area contributed by atoms with E-state index in [1.165, 1.54) is 20.8 Å². The Labute approximate surface area is 103 Å². The van der Waals surface area contributed by atoms with Gasteiger partial charge in [-0.3, -0.25) is 0 Å². The number of alkyl halides is 2. The maximum atomic E-state index is 13.4. The number of carbonyl (C=O) groups excluding carboxylic acids is 1. The zero-order valence-electron chi connectivity index (χ0n) is 10.4. The lowest BCUT2D eigenvalue weighted by Gasteiger charge is -2.14. The van der Waals surface area contributed by atoms with Crippen LogP contribution in [0.4, 0.5) is 8.78 Å². The summed E-state index contributed by atoms with van der Waals surface area (Å²) < 4.78 is 31.8. The van der Waals surface area contributed by atoms with Crippen molar-refractivity contribution in [1.29, 1.82) is 0 Å². The Bertz CT molecular complexity index is 426. The zero-order valence-corrected chi connectivity index (χ0v) is 10.4. The Morgan fingerprint density at radius 2 is 2.17 bits per heavy atom. The summed E-state index contributed by atoms with van der Waals surface area (Å²) in [6.07, 6.45) is 1.16. The molecule has 0 saturated heterocycles. The quantitative estimate of drug-likeness (QED) is 0.791. The molecule has 6 nitrogen and oxygen atoms in total. The number of halogens is 2. The van der Waals surface area contributed by atoms with E-state index < -0.39 is 24.0 Å². The van der Waals surface area contributed by atoms with Gasteiger partial charge in [-0.1, -0.05) is 5.21 Å². The van der Waals surface area contributed by atoms with Crippen molar-refractivity contribution < 1.29 is 23.4 Å². The van der Waals surface area contributed by atoms with Gasteiger partial charge in [-0.2, -0.15) is 8.78 Å². The summed E-state index contributed by atoms with van der Waals surface area (Å²) in [7, 11) is 0. The summed E-state index contributed by atoms with van der Waals surface area (Å²) in [6, 6.07) is 0. The highest BCUT2D eigenvalue weighted by Crippen LogP contribution is 2.20. The minimum atomic E-state index is -3.68. The van der Waals surface area contributed by atoms with Gasteiger partial charge in [-0.15, -0.1) is 5.10 Å². The Morgan fingerprint density at radius 1 is 1.56 bits per heavy atom. The molecular formula is C10H15F2N3O3. The molecule has 0 fully saturated rings. The second-order valence-corrected chi connectivity index (χ2v) is 4.29. The third-order valence-electron chi connectivity index (χ3n) is 2.10. The third-order valence-corrected chi connectivity index (χ3v) is 2.10. The van der Waals surface area contributed by atoms with E-state index in [0.717, 1.165) is 10.9 Å². The van der Waals surface area contributed by atoms with Crippen LogP contribution in [-0.4, -0.2) is 38.6 Å². The maximum absolute atomic E-state index is 13.4. The highest BCUT2D eigenvalue weighted by molar-refractivity contribution is 5.77. The highest BCUT2D eigenvalue weighted by Gasteiger charge is 2.41. The Kier molecular flexibility index (Phi) is 4.00. The summed E-state index contributed by atoms with van der Waals surface area (Å²) in [5.74, 6) is -5.29. The Hall–Kier alpha value is -1.57. The van der Waals surface area contributed by atoms with Crippen molar-refractivity contribution in [2.45, 2.75) is 38.8 Å². The molecule has 102 valence electrons. The highest BCUT2D eigenvalue weighted by atomic mass is 19.3. The lowest BCUT2D eigenvalue weighted by molar-refractivity contribution is -0.173. The molecular weight excluding hydrogens is 248 g/mol. The summed E-state index contributed by atoms with van der Waals surface area (Å²) in [5.41, 5.74) is -1.14. The first-order valence-electron chi connectivity index (χ1n) is 5.35. The van der Waals surface area contributed by atoms with E-state index in [-0.39, 0.29) is 12.3 Å². The van der Waals surface area contributed by atoms with Gasteiger partial charge in [0.25, 0.3) is 0 Å². The molecule has 0 aliphatic carbocycles. The zero-order chi connectivity index (χ0) is 14.0. The average Bonchev–Trinajstić information content (AvgIpc) is 2.65. The molecule has 0 aliphatic heterocycles. The first kappa shape index (κ1) is 14.5. The fraction of sp³-hybridized carbons (Fsp3) is 0.700. The smallest absolute Gasteiger partial charge is 0.379 e. The van der Waals surface area contributed by atoms with Gasteiger partial charge >= 0.3 is 11.9 Å². The van der Waals surface area contributed by atoms with Gasteiger partial charge in [0.15, 0.2) is 0 Å². The molecule has 0 atom stereocenters. The number of carbonyl (C=O) groups is 1. The van der Waals surface area contributed by atoms with Gasteiger partial charge in [0.2, 0.25) is 0 Å². The van der Waals surface area contributed by atoms with Crippen LogP contribution in [0.15, 0.2) is 6.20 Å². The number of ether oxygens (including phenoxy) is 1. The molecule has 0 saturated carbocycles. The number of hydrogen-bond donors (Lipinski definition) is 1. The number of rotatable bonds is 5. The van der Waals surface area contributed by atoms with Crippen LogP contribution in [0.25, 0.3) is 0 Å². The normalized spacial score (nSPS) is 12.6. The van der Waals surface area contributed by atoms with Crippen molar-refractivity contribution in [2.75, 3.05) is 6.61 Å².